The fraction of sp³-hybridized carbons (Fsp3) is 0.192. The molecule has 5 aromatic rings. The summed E-state index contributed by atoms with van der Waals surface area (Å²) >= 11 is 7.46. The molecule has 188 valence electrons. The predicted octanol–water partition coefficient (Wildman–Crippen LogP) is 5.90. The van der Waals surface area contributed by atoms with E-state index in [1.807, 2.05) is 66.7 Å². The standard InChI is InChI=1S/C26H22ClN5O4S/c27-24-10-9-23(37-24)22-15-18(30-36-22)16-32-21-4-2-1-3-20(21)25(29-32)35-26(33)28-17-5-7-19(8-6-17)31-11-13-34-14-12-31/h1-10,15H,11-14,16H2,(H,28,33). The van der Waals surface area contributed by atoms with Crippen molar-refractivity contribution in [2.24, 2.45) is 0 Å². The minimum atomic E-state index is -0.618. The fourth-order valence-electron chi connectivity index (χ4n) is 4.20. The highest BCUT2D eigenvalue weighted by atomic mass is 35.5. The maximum Gasteiger partial charge on any atom is 0.418 e. The highest BCUT2D eigenvalue weighted by Gasteiger charge is 2.18. The van der Waals surface area contributed by atoms with Crippen LogP contribution < -0.4 is 15.0 Å². The number of thiophene rings is 1. The lowest BCUT2D eigenvalue weighted by atomic mass is 10.2. The molecule has 2 aromatic carbocycles. The number of ether oxygens (including phenoxy) is 2. The molecular formula is C26H22ClN5O4S. The maximum absolute atomic E-state index is 12.7. The van der Waals surface area contributed by atoms with Crippen LogP contribution in [0.4, 0.5) is 16.2 Å². The molecule has 4 heterocycles. The third-order valence-corrected chi connectivity index (χ3v) is 7.24. The minimum absolute atomic E-state index is 0.215. The molecule has 0 saturated carbocycles. The first-order chi connectivity index (χ1) is 18.1. The van der Waals surface area contributed by atoms with Crippen molar-refractivity contribution in [1.29, 1.82) is 0 Å². The van der Waals surface area contributed by atoms with E-state index in [0.717, 1.165) is 29.2 Å². The molecule has 6 rings (SSSR count). The molecule has 0 atom stereocenters. The number of hydrogen-bond donors (Lipinski definition) is 1. The quantitative estimate of drug-likeness (QED) is 0.289. The number of halogens is 1. The molecule has 1 aliphatic heterocycles. The summed E-state index contributed by atoms with van der Waals surface area (Å²) in [7, 11) is 0. The Balaban J connectivity index is 1.16. The van der Waals surface area contributed by atoms with E-state index in [1.165, 1.54) is 11.3 Å². The van der Waals surface area contributed by atoms with Gasteiger partial charge in [-0.15, -0.1) is 16.4 Å². The molecular weight excluding hydrogens is 514 g/mol. The number of amides is 1. The zero-order valence-electron chi connectivity index (χ0n) is 19.6. The maximum atomic E-state index is 12.7. The van der Waals surface area contributed by atoms with Crippen LogP contribution in [0.15, 0.2) is 71.3 Å². The first-order valence-electron chi connectivity index (χ1n) is 11.7. The Labute approximate surface area is 221 Å². The SMILES string of the molecule is O=C(Nc1ccc(N2CCOCC2)cc1)Oc1nn(Cc2cc(-c3ccc(Cl)s3)on2)c2ccccc12. The van der Waals surface area contributed by atoms with Gasteiger partial charge in [-0.25, -0.2) is 4.79 Å². The zero-order valence-corrected chi connectivity index (χ0v) is 21.2. The van der Waals surface area contributed by atoms with E-state index in [0.29, 0.717) is 46.6 Å². The van der Waals surface area contributed by atoms with Crippen LogP contribution in [0.1, 0.15) is 5.69 Å². The van der Waals surface area contributed by atoms with Crippen molar-refractivity contribution in [3.8, 4) is 16.5 Å². The number of carbonyl (C=O) groups excluding carboxylic acids is 1. The molecule has 1 fully saturated rings. The number of nitrogens with one attached hydrogen (secondary N) is 1. The monoisotopic (exact) mass is 535 g/mol. The third kappa shape index (κ3) is 5.17. The van der Waals surface area contributed by atoms with Crippen molar-refractivity contribution in [3.63, 3.8) is 0 Å². The van der Waals surface area contributed by atoms with Crippen LogP contribution in [0.2, 0.25) is 4.34 Å². The Morgan fingerprint density at radius 1 is 1.08 bits per heavy atom. The molecule has 1 saturated heterocycles. The van der Waals surface area contributed by atoms with E-state index in [-0.39, 0.29) is 5.88 Å². The Bertz CT molecular complexity index is 1540. The molecule has 0 aliphatic carbocycles. The van der Waals surface area contributed by atoms with Crippen LogP contribution >= 0.6 is 22.9 Å². The molecule has 37 heavy (non-hydrogen) atoms. The molecule has 1 amide bonds. The molecule has 0 spiro atoms. The van der Waals surface area contributed by atoms with Crippen molar-refractivity contribution in [2.75, 3.05) is 36.5 Å². The van der Waals surface area contributed by atoms with Gasteiger partial charge >= 0.3 is 6.09 Å². The number of benzene rings is 2. The molecule has 11 heteroatoms. The number of carbonyl (C=O) groups is 1. The van der Waals surface area contributed by atoms with Crippen LogP contribution in [-0.2, 0) is 11.3 Å². The zero-order chi connectivity index (χ0) is 25.2. The van der Waals surface area contributed by atoms with Crippen molar-refractivity contribution in [2.45, 2.75) is 6.54 Å². The van der Waals surface area contributed by atoms with Crippen molar-refractivity contribution in [3.05, 3.63) is 76.8 Å². The number of nitrogens with zero attached hydrogens (tertiary/aromatic N) is 4. The second-order valence-electron chi connectivity index (χ2n) is 8.43. The minimum Gasteiger partial charge on any atom is -0.389 e. The van der Waals surface area contributed by atoms with Gasteiger partial charge in [-0.3, -0.25) is 10.00 Å². The van der Waals surface area contributed by atoms with Crippen LogP contribution in [0.5, 0.6) is 5.88 Å². The number of hydrogen-bond acceptors (Lipinski definition) is 8. The van der Waals surface area contributed by atoms with Gasteiger partial charge in [0, 0.05) is 30.5 Å². The molecule has 1 aliphatic rings. The van der Waals surface area contributed by atoms with Crippen LogP contribution in [0.25, 0.3) is 21.5 Å². The molecule has 3 aromatic heterocycles. The topological polar surface area (TPSA) is 94.7 Å². The highest BCUT2D eigenvalue weighted by molar-refractivity contribution is 7.19. The van der Waals surface area contributed by atoms with E-state index in [4.69, 9.17) is 25.6 Å². The van der Waals surface area contributed by atoms with Crippen molar-refractivity contribution >= 4 is 51.3 Å². The molecule has 0 bridgehead atoms. The van der Waals surface area contributed by atoms with Gasteiger partial charge in [0.05, 0.1) is 39.9 Å². The molecule has 9 nitrogen and oxygen atoms in total. The lowest BCUT2D eigenvalue weighted by molar-refractivity contribution is 0.122. The lowest BCUT2D eigenvalue weighted by Gasteiger charge is -2.28. The van der Waals surface area contributed by atoms with Gasteiger partial charge in [0.25, 0.3) is 5.88 Å². The smallest absolute Gasteiger partial charge is 0.389 e. The Morgan fingerprint density at radius 3 is 2.68 bits per heavy atom. The largest absolute Gasteiger partial charge is 0.418 e. The van der Waals surface area contributed by atoms with E-state index in [2.05, 4.69) is 20.5 Å². The number of rotatable bonds is 6. The van der Waals surface area contributed by atoms with E-state index in [1.54, 1.807) is 4.68 Å². The van der Waals surface area contributed by atoms with Crippen molar-refractivity contribution in [1.82, 2.24) is 14.9 Å². The van der Waals surface area contributed by atoms with Crippen molar-refractivity contribution < 1.29 is 18.8 Å². The number of aromatic nitrogens is 3. The summed E-state index contributed by atoms with van der Waals surface area (Å²) in [5.74, 6) is 0.852. The van der Waals surface area contributed by atoms with E-state index >= 15 is 0 Å². The first-order valence-corrected chi connectivity index (χ1v) is 12.9. The van der Waals surface area contributed by atoms with Crippen LogP contribution in [0, 0.1) is 0 Å². The summed E-state index contributed by atoms with van der Waals surface area (Å²) in [6.45, 7) is 3.48. The molecule has 0 unspecified atom stereocenters. The fourth-order valence-corrected chi connectivity index (χ4v) is 5.20. The van der Waals surface area contributed by atoms with Crippen LogP contribution in [-0.4, -0.2) is 47.3 Å². The second-order valence-corrected chi connectivity index (χ2v) is 10.1. The third-order valence-electron chi connectivity index (χ3n) is 5.99. The summed E-state index contributed by atoms with van der Waals surface area (Å²) in [5.41, 5.74) is 3.22. The average Bonchev–Trinajstić information content (AvgIpc) is 3.65. The van der Waals surface area contributed by atoms with E-state index < -0.39 is 6.09 Å². The summed E-state index contributed by atoms with van der Waals surface area (Å²) in [6.07, 6.45) is -0.618. The van der Waals surface area contributed by atoms with Gasteiger partial charge in [0.1, 0.15) is 5.69 Å². The van der Waals surface area contributed by atoms with E-state index in [9.17, 15) is 4.79 Å². The Kier molecular flexibility index (Phi) is 6.52. The number of fused-ring (bicyclic) bond motifs is 1. The number of morpholine rings is 1. The number of para-hydroxylation sites is 1. The van der Waals surface area contributed by atoms with Gasteiger partial charge in [-0.2, -0.15) is 0 Å². The van der Waals surface area contributed by atoms with Gasteiger partial charge < -0.3 is 18.9 Å². The van der Waals surface area contributed by atoms with Crippen LogP contribution in [0.3, 0.4) is 0 Å². The summed E-state index contributed by atoms with van der Waals surface area (Å²) in [6, 6.07) is 20.8. The first kappa shape index (κ1) is 23.5. The van der Waals surface area contributed by atoms with Gasteiger partial charge in [-0.05, 0) is 48.5 Å². The Hall–Kier alpha value is -3.86. The summed E-state index contributed by atoms with van der Waals surface area (Å²) in [5, 5.41) is 12.2. The molecule has 0 radical (unpaired) electrons. The average molecular weight is 536 g/mol. The predicted molar refractivity (Wildman–Crippen MR) is 143 cm³/mol. The summed E-state index contributed by atoms with van der Waals surface area (Å²) < 4.78 is 18.9. The van der Waals surface area contributed by atoms with Gasteiger partial charge in [0.2, 0.25) is 0 Å². The Morgan fingerprint density at radius 2 is 1.89 bits per heavy atom. The normalized spacial score (nSPS) is 13.7. The summed E-state index contributed by atoms with van der Waals surface area (Å²) in [4.78, 5) is 15.8. The lowest BCUT2D eigenvalue weighted by Crippen LogP contribution is -2.36. The van der Waals surface area contributed by atoms with Gasteiger partial charge in [0.15, 0.2) is 5.76 Å². The van der Waals surface area contributed by atoms with Gasteiger partial charge in [-0.1, -0.05) is 28.9 Å². The number of anilines is 2. The highest BCUT2D eigenvalue weighted by Crippen LogP contribution is 2.32. The molecule has 1 N–H and O–H groups in total. The second kappa shape index (κ2) is 10.3.